The lowest BCUT2D eigenvalue weighted by molar-refractivity contribution is -0.121. The molecule has 0 saturated heterocycles. The Kier molecular flexibility index (Phi) is 7.19. The first-order chi connectivity index (χ1) is 11.5. The van der Waals surface area contributed by atoms with Crippen molar-refractivity contribution in [1.82, 2.24) is 5.32 Å². The van der Waals surface area contributed by atoms with Gasteiger partial charge in [0.1, 0.15) is 12.4 Å². The van der Waals surface area contributed by atoms with Crippen LogP contribution in [0, 0.1) is 6.92 Å². The Morgan fingerprint density at radius 1 is 1.08 bits per heavy atom. The molecule has 128 valence electrons. The van der Waals surface area contributed by atoms with Crippen molar-refractivity contribution >= 4 is 17.7 Å². The van der Waals surface area contributed by atoms with E-state index in [0.29, 0.717) is 6.61 Å². The minimum absolute atomic E-state index is 0.0291. The highest BCUT2D eigenvalue weighted by molar-refractivity contribution is 7.99. The highest BCUT2D eigenvalue weighted by Gasteiger charge is 2.16. The van der Waals surface area contributed by atoms with Crippen molar-refractivity contribution in [3.63, 3.8) is 0 Å². The number of carbonyl (C=O) groups excluding carboxylic acids is 1. The van der Waals surface area contributed by atoms with E-state index < -0.39 is 0 Å². The van der Waals surface area contributed by atoms with Crippen LogP contribution in [-0.2, 0) is 10.5 Å². The van der Waals surface area contributed by atoms with Crippen LogP contribution in [0.15, 0.2) is 54.6 Å². The molecule has 0 heterocycles. The van der Waals surface area contributed by atoms with E-state index in [1.54, 1.807) is 11.8 Å². The third-order valence-electron chi connectivity index (χ3n) is 3.62. The number of thioether (sulfide) groups is 1. The van der Waals surface area contributed by atoms with E-state index >= 15 is 0 Å². The lowest BCUT2D eigenvalue weighted by Crippen LogP contribution is -2.40. The molecule has 1 amide bonds. The van der Waals surface area contributed by atoms with Gasteiger partial charge >= 0.3 is 0 Å². The average molecular weight is 343 g/mol. The summed E-state index contributed by atoms with van der Waals surface area (Å²) in [6.45, 7) is 6.41. The van der Waals surface area contributed by atoms with Gasteiger partial charge in [0.2, 0.25) is 5.91 Å². The van der Waals surface area contributed by atoms with Gasteiger partial charge in [-0.05, 0) is 38.5 Å². The van der Waals surface area contributed by atoms with E-state index in [1.165, 1.54) is 11.1 Å². The van der Waals surface area contributed by atoms with Gasteiger partial charge in [0.25, 0.3) is 0 Å². The number of hydrogen-bond donors (Lipinski definition) is 1. The van der Waals surface area contributed by atoms with Gasteiger partial charge in [0.15, 0.2) is 0 Å². The summed E-state index contributed by atoms with van der Waals surface area (Å²) in [6, 6.07) is 18.1. The molecular formula is C20H25NO2S. The smallest absolute Gasteiger partial charge is 0.233 e. The molecule has 1 N–H and O–H groups in total. The van der Waals surface area contributed by atoms with Crippen LogP contribution in [0.3, 0.4) is 0 Å². The molecule has 4 heteroatoms. The zero-order valence-corrected chi connectivity index (χ0v) is 15.3. The maximum Gasteiger partial charge on any atom is 0.233 e. The number of rotatable bonds is 8. The number of aryl methyl sites for hydroxylation is 1. The Morgan fingerprint density at radius 3 is 2.42 bits per heavy atom. The summed E-state index contributed by atoms with van der Waals surface area (Å²) in [4.78, 5) is 12.2. The Balaban J connectivity index is 1.71. The first kappa shape index (κ1) is 18.4. The van der Waals surface area contributed by atoms with Crippen LogP contribution < -0.4 is 10.1 Å². The lowest BCUT2D eigenvalue weighted by Gasteiger charge is -2.18. The fraction of sp³-hybridized carbons (Fsp3) is 0.350. The number of nitrogens with one attached hydrogen (secondary N) is 1. The molecule has 0 bridgehead atoms. The molecule has 0 saturated carbocycles. The molecule has 2 atom stereocenters. The second kappa shape index (κ2) is 9.38. The Bertz CT molecular complexity index is 628. The van der Waals surface area contributed by atoms with Crippen LogP contribution in [-0.4, -0.2) is 23.8 Å². The first-order valence-corrected chi connectivity index (χ1v) is 9.25. The molecule has 2 aromatic rings. The average Bonchev–Trinajstić information content (AvgIpc) is 2.60. The van der Waals surface area contributed by atoms with Gasteiger partial charge in [0.05, 0.1) is 11.3 Å². The van der Waals surface area contributed by atoms with Gasteiger partial charge in [-0.3, -0.25) is 4.79 Å². The molecule has 0 aliphatic carbocycles. The second-order valence-corrected chi connectivity index (χ2v) is 7.30. The molecule has 3 nitrogen and oxygen atoms in total. The molecule has 0 spiro atoms. The summed E-state index contributed by atoms with van der Waals surface area (Å²) in [6.07, 6.45) is 0. The van der Waals surface area contributed by atoms with Gasteiger partial charge in [-0.2, -0.15) is 0 Å². The Morgan fingerprint density at radius 2 is 1.75 bits per heavy atom. The van der Waals surface area contributed by atoms with E-state index in [2.05, 4.69) is 17.4 Å². The van der Waals surface area contributed by atoms with Gasteiger partial charge in [-0.1, -0.05) is 48.0 Å². The quantitative estimate of drug-likeness (QED) is 0.781. The second-order valence-electron chi connectivity index (χ2n) is 5.97. The number of amides is 1. The van der Waals surface area contributed by atoms with Crippen molar-refractivity contribution in [2.24, 2.45) is 0 Å². The Hall–Kier alpha value is -1.94. The van der Waals surface area contributed by atoms with Crippen molar-refractivity contribution in [2.45, 2.75) is 37.8 Å². The van der Waals surface area contributed by atoms with Crippen LogP contribution in [0.2, 0.25) is 0 Å². The normalized spacial score (nSPS) is 13.1. The van der Waals surface area contributed by atoms with Crippen molar-refractivity contribution in [3.05, 3.63) is 65.7 Å². The van der Waals surface area contributed by atoms with Gasteiger partial charge < -0.3 is 10.1 Å². The molecule has 2 rings (SSSR count). The van der Waals surface area contributed by atoms with Gasteiger partial charge in [-0.15, -0.1) is 11.8 Å². The summed E-state index contributed by atoms with van der Waals surface area (Å²) < 4.78 is 5.71. The molecule has 2 unspecified atom stereocenters. The van der Waals surface area contributed by atoms with Crippen molar-refractivity contribution in [1.29, 1.82) is 0 Å². The largest absolute Gasteiger partial charge is 0.491 e. The van der Waals surface area contributed by atoms with E-state index in [9.17, 15) is 4.79 Å². The lowest BCUT2D eigenvalue weighted by atomic mass is 10.2. The molecule has 0 aromatic heterocycles. The summed E-state index contributed by atoms with van der Waals surface area (Å²) in [5, 5.41) is 2.92. The number of hydrogen-bond acceptors (Lipinski definition) is 3. The van der Waals surface area contributed by atoms with Crippen LogP contribution in [0.1, 0.15) is 25.0 Å². The van der Waals surface area contributed by atoms with Gasteiger partial charge in [-0.25, -0.2) is 0 Å². The van der Waals surface area contributed by atoms with Crippen LogP contribution in [0.25, 0.3) is 0 Å². The third-order valence-corrected chi connectivity index (χ3v) is 4.84. The predicted octanol–water partition coefficient (Wildman–Crippen LogP) is 4.20. The van der Waals surface area contributed by atoms with Crippen molar-refractivity contribution in [3.8, 4) is 5.75 Å². The van der Waals surface area contributed by atoms with E-state index in [1.807, 2.05) is 63.2 Å². The molecule has 2 aromatic carbocycles. The maximum atomic E-state index is 12.2. The minimum atomic E-state index is -0.0907. The molecule has 0 fully saturated rings. The minimum Gasteiger partial charge on any atom is -0.491 e. The topological polar surface area (TPSA) is 38.3 Å². The molecule has 0 aliphatic heterocycles. The number of benzene rings is 2. The highest BCUT2D eigenvalue weighted by atomic mass is 32.2. The monoisotopic (exact) mass is 343 g/mol. The standard InChI is InChI=1S/C20H25NO2S/c1-15-9-11-19(12-10-15)23-13-16(2)21-20(22)17(3)24-14-18-7-5-4-6-8-18/h4-12,16-17H,13-14H2,1-3H3,(H,21,22). The van der Waals surface area contributed by atoms with Gasteiger partial charge in [0, 0.05) is 5.75 Å². The fourth-order valence-electron chi connectivity index (χ4n) is 2.13. The number of carbonyl (C=O) groups is 1. The van der Waals surface area contributed by atoms with Crippen LogP contribution >= 0.6 is 11.8 Å². The van der Waals surface area contributed by atoms with E-state index in [4.69, 9.17) is 4.74 Å². The first-order valence-electron chi connectivity index (χ1n) is 8.20. The van der Waals surface area contributed by atoms with Crippen LogP contribution in [0.4, 0.5) is 0 Å². The summed E-state index contributed by atoms with van der Waals surface area (Å²) >= 11 is 1.64. The summed E-state index contributed by atoms with van der Waals surface area (Å²) in [5.41, 5.74) is 2.44. The SMILES string of the molecule is Cc1ccc(OCC(C)NC(=O)C(C)SCc2ccccc2)cc1. The fourth-order valence-corrected chi connectivity index (χ4v) is 2.98. The highest BCUT2D eigenvalue weighted by Crippen LogP contribution is 2.18. The summed E-state index contributed by atoms with van der Waals surface area (Å²) in [5.74, 6) is 1.72. The third kappa shape index (κ3) is 6.28. The van der Waals surface area contributed by atoms with E-state index in [0.717, 1.165) is 11.5 Å². The van der Waals surface area contributed by atoms with Crippen molar-refractivity contribution < 1.29 is 9.53 Å². The van der Waals surface area contributed by atoms with E-state index in [-0.39, 0.29) is 17.2 Å². The summed E-state index contributed by atoms with van der Waals surface area (Å²) in [7, 11) is 0. The number of ether oxygens (including phenoxy) is 1. The zero-order valence-electron chi connectivity index (χ0n) is 14.5. The Labute approximate surface area is 148 Å². The van der Waals surface area contributed by atoms with Crippen LogP contribution in [0.5, 0.6) is 5.75 Å². The molecule has 0 aliphatic rings. The predicted molar refractivity (Wildman–Crippen MR) is 101 cm³/mol. The van der Waals surface area contributed by atoms with Crippen molar-refractivity contribution in [2.75, 3.05) is 6.61 Å². The maximum absolute atomic E-state index is 12.2. The molecule has 24 heavy (non-hydrogen) atoms. The zero-order chi connectivity index (χ0) is 17.4. The molecular weight excluding hydrogens is 318 g/mol. The molecule has 0 radical (unpaired) electrons.